The van der Waals surface area contributed by atoms with Crippen molar-refractivity contribution in [1.29, 1.82) is 0 Å². The molecule has 0 spiro atoms. The SMILES string of the molecule is CCC(NC(=O)C(CC(=O)O)NC(=O)OCC1c2ccccc2-c2ccccc21)c1nccs1. The van der Waals surface area contributed by atoms with Crippen LogP contribution in [0, 0.1) is 0 Å². The zero-order valence-electron chi connectivity index (χ0n) is 18.6. The summed E-state index contributed by atoms with van der Waals surface area (Å²) in [5.74, 6) is -1.95. The fraction of sp³-hybridized carbons (Fsp3) is 0.280. The molecule has 1 aromatic heterocycles. The van der Waals surface area contributed by atoms with Crippen LogP contribution in [0.2, 0.25) is 0 Å². The Bertz CT molecular complexity index is 1140. The number of carbonyl (C=O) groups is 3. The first kappa shape index (κ1) is 23.4. The molecular weight excluding hydrogens is 454 g/mol. The second-order valence-corrected chi connectivity index (χ2v) is 8.89. The van der Waals surface area contributed by atoms with Gasteiger partial charge in [0.15, 0.2) is 0 Å². The first-order chi connectivity index (χ1) is 16.5. The molecule has 0 fully saturated rings. The number of carboxylic acid groups (broad SMARTS) is 1. The monoisotopic (exact) mass is 479 g/mol. The normalized spacial score (nSPS) is 13.9. The van der Waals surface area contributed by atoms with Gasteiger partial charge in [0.1, 0.15) is 17.7 Å². The molecule has 2 aromatic carbocycles. The smallest absolute Gasteiger partial charge is 0.407 e. The van der Waals surface area contributed by atoms with Gasteiger partial charge >= 0.3 is 12.1 Å². The van der Waals surface area contributed by atoms with Crippen molar-refractivity contribution in [3.05, 3.63) is 76.2 Å². The third-order valence-corrected chi connectivity index (χ3v) is 6.69. The van der Waals surface area contributed by atoms with Crippen molar-refractivity contribution in [2.24, 2.45) is 0 Å². The highest BCUT2D eigenvalue weighted by Gasteiger charge is 2.31. The molecule has 4 rings (SSSR count). The minimum atomic E-state index is -1.28. The van der Waals surface area contributed by atoms with Crippen molar-refractivity contribution in [2.45, 2.75) is 37.8 Å². The Morgan fingerprint density at radius 2 is 1.71 bits per heavy atom. The van der Waals surface area contributed by atoms with E-state index >= 15 is 0 Å². The standard InChI is InChI=1S/C25H25N3O5S/c1-2-20(24-26-11-12-34-24)27-23(31)21(13-22(29)30)28-25(32)33-14-19-17-9-5-3-7-15(17)16-8-4-6-10-18(16)19/h3-12,19-21H,2,13-14H2,1H3,(H,27,31)(H,28,32)(H,29,30). The first-order valence-corrected chi connectivity index (χ1v) is 11.9. The summed E-state index contributed by atoms with van der Waals surface area (Å²) in [5.41, 5.74) is 4.32. The maximum Gasteiger partial charge on any atom is 0.407 e. The van der Waals surface area contributed by atoms with Gasteiger partial charge in [-0.25, -0.2) is 9.78 Å². The molecule has 176 valence electrons. The second-order valence-electron chi connectivity index (χ2n) is 7.96. The number of hydrogen-bond acceptors (Lipinski definition) is 6. The van der Waals surface area contributed by atoms with Crippen molar-refractivity contribution < 1.29 is 24.2 Å². The van der Waals surface area contributed by atoms with E-state index in [1.807, 2.05) is 55.5 Å². The average Bonchev–Trinajstić information content (AvgIpc) is 3.47. The number of carboxylic acids is 1. The number of aromatic nitrogens is 1. The van der Waals surface area contributed by atoms with Crippen molar-refractivity contribution in [3.8, 4) is 11.1 Å². The Balaban J connectivity index is 1.42. The summed E-state index contributed by atoms with van der Waals surface area (Å²) in [5, 5.41) is 17.0. The van der Waals surface area contributed by atoms with Crippen LogP contribution in [0.25, 0.3) is 11.1 Å². The second kappa shape index (κ2) is 10.5. The molecule has 1 heterocycles. The molecule has 3 N–H and O–H groups in total. The number of hydrogen-bond donors (Lipinski definition) is 3. The molecule has 0 bridgehead atoms. The average molecular weight is 480 g/mol. The van der Waals surface area contributed by atoms with E-state index in [0.29, 0.717) is 11.4 Å². The lowest BCUT2D eigenvalue weighted by molar-refractivity contribution is -0.140. The topological polar surface area (TPSA) is 118 Å². The fourth-order valence-corrected chi connectivity index (χ4v) is 4.96. The number of thiazole rings is 1. The Hall–Kier alpha value is -3.72. The molecular formula is C25H25N3O5S. The third-order valence-electron chi connectivity index (χ3n) is 5.81. The third kappa shape index (κ3) is 5.09. The molecule has 8 nitrogen and oxygen atoms in total. The van der Waals surface area contributed by atoms with Gasteiger partial charge in [0.2, 0.25) is 5.91 Å². The van der Waals surface area contributed by atoms with Gasteiger partial charge in [-0.2, -0.15) is 0 Å². The maximum absolute atomic E-state index is 12.8. The molecule has 9 heteroatoms. The van der Waals surface area contributed by atoms with E-state index < -0.39 is 30.4 Å². The lowest BCUT2D eigenvalue weighted by atomic mass is 9.98. The zero-order chi connectivity index (χ0) is 24.1. The summed E-state index contributed by atoms with van der Waals surface area (Å²) in [4.78, 5) is 40.9. The number of nitrogens with one attached hydrogen (secondary N) is 2. The van der Waals surface area contributed by atoms with E-state index in [0.717, 1.165) is 22.3 Å². The van der Waals surface area contributed by atoms with Crippen molar-refractivity contribution >= 4 is 29.3 Å². The summed E-state index contributed by atoms with van der Waals surface area (Å²) < 4.78 is 5.47. The summed E-state index contributed by atoms with van der Waals surface area (Å²) >= 11 is 1.39. The minimum absolute atomic E-state index is 0.0674. The van der Waals surface area contributed by atoms with Crippen molar-refractivity contribution in [3.63, 3.8) is 0 Å². The van der Waals surface area contributed by atoms with Crippen LogP contribution in [0.5, 0.6) is 0 Å². The summed E-state index contributed by atoms with van der Waals surface area (Å²) in [7, 11) is 0. The summed E-state index contributed by atoms with van der Waals surface area (Å²) in [6.07, 6.45) is 0.804. The van der Waals surface area contributed by atoms with Gasteiger partial charge in [-0.05, 0) is 28.7 Å². The van der Waals surface area contributed by atoms with E-state index in [9.17, 15) is 19.5 Å². The highest BCUT2D eigenvalue weighted by Crippen LogP contribution is 2.44. The number of benzene rings is 2. The van der Waals surface area contributed by atoms with Gasteiger partial charge < -0.3 is 20.5 Å². The van der Waals surface area contributed by atoms with E-state index in [1.54, 1.807) is 11.6 Å². The molecule has 0 saturated heterocycles. The molecule has 34 heavy (non-hydrogen) atoms. The van der Waals surface area contributed by atoms with Gasteiger partial charge in [-0.15, -0.1) is 11.3 Å². The summed E-state index contributed by atoms with van der Waals surface area (Å²) in [6, 6.07) is 14.3. The van der Waals surface area contributed by atoms with Crippen LogP contribution >= 0.6 is 11.3 Å². The van der Waals surface area contributed by atoms with Crippen LogP contribution in [0.3, 0.4) is 0 Å². The molecule has 0 aliphatic heterocycles. The molecule has 0 radical (unpaired) electrons. The van der Waals surface area contributed by atoms with Gasteiger partial charge in [0.05, 0.1) is 12.5 Å². The lowest BCUT2D eigenvalue weighted by Gasteiger charge is -2.21. The van der Waals surface area contributed by atoms with Crippen molar-refractivity contribution in [1.82, 2.24) is 15.6 Å². The van der Waals surface area contributed by atoms with Gasteiger partial charge in [-0.1, -0.05) is 55.5 Å². The van der Waals surface area contributed by atoms with E-state index in [-0.39, 0.29) is 18.6 Å². The molecule has 1 aliphatic carbocycles. The number of rotatable bonds is 9. The number of carbonyl (C=O) groups excluding carboxylic acids is 2. The number of fused-ring (bicyclic) bond motifs is 3. The molecule has 2 unspecified atom stereocenters. The molecule has 1 aliphatic rings. The molecule has 2 atom stereocenters. The molecule has 2 amide bonds. The Labute approximate surface area is 201 Å². The highest BCUT2D eigenvalue weighted by molar-refractivity contribution is 7.09. The van der Waals surface area contributed by atoms with Crippen LogP contribution < -0.4 is 10.6 Å². The van der Waals surface area contributed by atoms with Crippen LogP contribution in [0.4, 0.5) is 4.79 Å². The maximum atomic E-state index is 12.8. The number of aliphatic carboxylic acids is 1. The minimum Gasteiger partial charge on any atom is -0.481 e. The molecule has 0 saturated carbocycles. The Morgan fingerprint density at radius 1 is 1.06 bits per heavy atom. The highest BCUT2D eigenvalue weighted by atomic mass is 32.1. The molecule has 3 aromatic rings. The van der Waals surface area contributed by atoms with E-state index in [1.165, 1.54) is 11.3 Å². The Morgan fingerprint density at radius 3 is 2.26 bits per heavy atom. The summed E-state index contributed by atoms with van der Waals surface area (Å²) in [6.45, 7) is 1.95. The van der Waals surface area contributed by atoms with Crippen LogP contribution in [0.15, 0.2) is 60.1 Å². The number of amides is 2. The van der Waals surface area contributed by atoms with Gasteiger partial charge in [0.25, 0.3) is 0 Å². The number of ether oxygens (including phenoxy) is 1. The fourth-order valence-electron chi connectivity index (χ4n) is 4.18. The van der Waals surface area contributed by atoms with Gasteiger partial charge in [-0.3, -0.25) is 9.59 Å². The first-order valence-electron chi connectivity index (χ1n) is 11.0. The van der Waals surface area contributed by atoms with Crippen LogP contribution in [-0.4, -0.2) is 40.7 Å². The number of alkyl carbamates (subject to hydrolysis) is 1. The number of nitrogens with zero attached hydrogens (tertiary/aromatic N) is 1. The largest absolute Gasteiger partial charge is 0.481 e. The van der Waals surface area contributed by atoms with Crippen LogP contribution in [0.1, 0.15) is 47.9 Å². The lowest BCUT2D eigenvalue weighted by Crippen LogP contribution is -2.49. The predicted molar refractivity (Wildman–Crippen MR) is 128 cm³/mol. The Kier molecular flexibility index (Phi) is 7.22. The quantitative estimate of drug-likeness (QED) is 0.425. The van der Waals surface area contributed by atoms with E-state index in [2.05, 4.69) is 15.6 Å². The van der Waals surface area contributed by atoms with E-state index in [4.69, 9.17) is 4.74 Å². The van der Waals surface area contributed by atoms with Crippen LogP contribution in [-0.2, 0) is 14.3 Å². The predicted octanol–water partition coefficient (Wildman–Crippen LogP) is 4.09. The zero-order valence-corrected chi connectivity index (χ0v) is 19.4. The van der Waals surface area contributed by atoms with Crippen molar-refractivity contribution in [2.75, 3.05) is 6.61 Å². The van der Waals surface area contributed by atoms with Gasteiger partial charge in [0, 0.05) is 17.5 Å².